The minimum absolute atomic E-state index is 0.0488. The fourth-order valence-corrected chi connectivity index (χ4v) is 4.91. The Morgan fingerprint density at radius 1 is 0.867 bits per heavy atom. The van der Waals surface area contributed by atoms with Crippen LogP contribution in [0.15, 0.2) is 60.8 Å². The molecule has 1 aromatic heterocycles. The zero-order valence-electron chi connectivity index (χ0n) is 24.8. The number of ketones is 1. The van der Waals surface area contributed by atoms with Crippen LogP contribution in [-0.4, -0.2) is 70.5 Å². The molecular formula is C31H36N6O7S. The number of carbonyl (C=O) groups excluding carboxylic acids is 6. The van der Waals surface area contributed by atoms with Gasteiger partial charge >= 0.3 is 0 Å². The van der Waals surface area contributed by atoms with Crippen molar-refractivity contribution < 1.29 is 33.9 Å². The van der Waals surface area contributed by atoms with Gasteiger partial charge in [0.2, 0.25) is 23.6 Å². The number of carbonyl (C=O) groups is 6. The Bertz CT molecular complexity index is 1500. The van der Waals surface area contributed by atoms with Crippen LogP contribution in [0.4, 0.5) is 5.13 Å². The average Bonchev–Trinajstić information content (AvgIpc) is 3.49. The van der Waals surface area contributed by atoms with Gasteiger partial charge in [-0.05, 0) is 43.5 Å². The first kappa shape index (κ1) is 34.4. The number of thiazole rings is 1. The van der Waals surface area contributed by atoms with Gasteiger partial charge in [-0.25, -0.2) is 4.98 Å². The van der Waals surface area contributed by atoms with E-state index in [9.17, 15) is 33.9 Å². The third-order valence-corrected chi connectivity index (χ3v) is 7.67. The van der Waals surface area contributed by atoms with E-state index in [0.29, 0.717) is 21.9 Å². The number of primary amides is 1. The van der Waals surface area contributed by atoms with E-state index in [1.165, 1.54) is 32.2 Å². The van der Waals surface area contributed by atoms with Gasteiger partial charge in [0.25, 0.3) is 0 Å². The summed E-state index contributed by atoms with van der Waals surface area (Å²) in [5, 5.41) is 20.4. The van der Waals surface area contributed by atoms with Crippen LogP contribution in [0.1, 0.15) is 41.1 Å². The largest absolute Gasteiger partial charge is 0.508 e. The van der Waals surface area contributed by atoms with Crippen LogP contribution >= 0.6 is 11.3 Å². The highest BCUT2D eigenvalue weighted by Gasteiger charge is 2.28. The van der Waals surface area contributed by atoms with Crippen LogP contribution in [0, 0.1) is 5.92 Å². The summed E-state index contributed by atoms with van der Waals surface area (Å²) in [6, 6.07) is 12.0. The summed E-state index contributed by atoms with van der Waals surface area (Å²) in [6.07, 6.45) is 2.25. The molecule has 0 aliphatic heterocycles. The predicted molar refractivity (Wildman–Crippen MR) is 167 cm³/mol. The number of amides is 4. The molecule has 14 heteroatoms. The molecule has 3 rings (SSSR count). The lowest BCUT2D eigenvalue weighted by Gasteiger charge is -2.23. The van der Waals surface area contributed by atoms with Gasteiger partial charge in [0, 0.05) is 18.8 Å². The number of aromatic nitrogens is 1. The molecule has 2 aromatic carbocycles. The average molecular weight is 637 g/mol. The molecule has 0 saturated heterocycles. The number of nitrogens with one attached hydrogen (secondary N) is 4. The van der Waals surface area contributed by atoms with Crippen molar-refractivity contribution in [2.45, 2.75) is 51.2 Å². The quantitative estimate of drug-likeness (QED) is 0.117. The second-order valence-electron chi connectivity index (χ2n) is 10.5. The fraction of sp³-hybridized carbons (Fsp3) is 0.323. The van der Waals surface area contributed by atoms with Gasteiger partial charge in [-0.1, -0.05) is 53.8 Å². The van der Waals surface area contributed by atoms with Crippen LogP contribution in [-0.2, 0) is 36.8 Å². The summed E-state index contributed by atoms with van der Waals surface area (Å²) in [7, 11) is 0. The number of nitrogens with two attached hydrogens (primary N) is 1. The number of Topliss-reactive ketones (excluding diaryl/α,β-unsaturated/α-hetero) is 1. The maximum atomic E-state index is 13.3. The highest BCUT2D eigenvalue weighted by Crippen LogP contribution is 2.18. The van der Waals surface area contributed by atoms with Crippen molar-refractivity contribution in [3.63, 3.8) is 0 Å². The summed E-state index contributed by atoms with van der Waals surface area (Å²) >= 11 is 1.10. The van der Waals surface area contributed by atoms with Gasteiger partial charge in [0.1, 0.15) is 23.9 Å². The Balaban J connectivity index is 1.57. The van der Waals surface area contributed by atoms with E-state index in [1.807, 2.05) is 30.3 Å². The molecule has 0 bridgehead atoms. The Hall–Kier alpha value is -5.11. The van der Waals surface area contributed by atoms with Crippen LogP contribution in [0.5, 0.6) is 5.75 Å². The number of benzene rings is 2. The number of aromatic hydroxyl groups is 1. The van der Waals surface area contributed by atoms with Crippen molar-refractivity contribution in [3.05, 3.63) is 76.8 Å². The zero-order valence-corrected chi connectivity index (χ0v) is 25.6. The molecule has 0 saturated carbocycles. The highest BCUT2D eigenvalue weighted by atomic mass is 32.1. The molecule has 1 heterocycles. The van der Waals surface area contributed by atoms with Crippen LogP contribution in [0.3, 0.4) is 0 Å². The lowest BCUT2D eigenvalue weighted by Crippen LogP contribution is -2.55. The van der Waals surface area contributed by atoms with E-state index in [0.717, 1.165) is 16.9 Å². The number of hydrogen-bond acceptors (Lipinski definition) is 10. The summed E-state index contributed by atoms with van der Waals surface area (Å²) in [6.45, 7) is 2.77. The third kappa shape index (κ3) is 11.2. The van der Waals surface area contributed by atoms with Crippen LogP contribution in [0.25, 0.3) is 0 Å². The first-order valence-electron chi connectivity index (χ1n) is 14.1. The SMILES string of the molecule is C[C@H](NC(=O)[C@@H](CC(=O)CNc1ncc(C=O)s1)Cc1ccccc1)C(=O)N[C@@H](C)C(=O)N[C@@H](Cc1ccc(O)cc1)C(N)=O. The lowest BCUT2D eigenvalue weighted by atomic mass is 9.93. The van der Waals surface area contributed by atoms with Gasteiger partial charge < -0.3 is 32.1 Å². The number of aldehydes is 1. The molecule has 45 heavy (non-hydrogen) atoms. The number of phenolic OH excluding ortho intramolecular Hbond substituents is 1. The number of nitrogens with zero attached hydrogens (tertiary/aromatic N) is 1. The molecule has 4 amide bonds. The predicted octanol–water partition coefficient (Wildman–Crippen LogP) is 1.11. The lowest BCUT2D eigenvalue weighted by molar-refractivity contribution is -0.134. The van der Waals surface area contributed by atoms with E-state index in [-0.39, 0.29) is 37.3 Å². The molecule has 7 N–H and O–H groups in total. The molecule has 4 atom stereocenters. The van der Waals surface area contributed by atoms with Gasteiger partial charge in [0.05, 0.1) is 17.6 Å². The van der Waals surface area contributed by atoms with Crippen molar-refractivity contribution in [1.29, 1.82) is 0 Å². The highest BCUT2D eigenvalue weighted by molar-refractivity contribution is 7.17. The van der Waals surface area contributed by atoms with Crippen molar-refractivity contribution in [1.82, 2.24) is 20.9 Å². The van der Waals surface area contributed by atoms with Crippen molar-refractivity contribution >= 4 is 52.2 Å². The summed E-state index contributed by atoms with van der Waals surface area (Å²) in [5.74, 6) is -3.63. The first-order chi connectivity index (χ1) is 21.4. The van der Waals surface area contributed by atoms with E-state index in [4.69, 9.17) is 5.73 Å². The minimum atomic E-state index is -1.07. The van der Waals surface area contributed by atoms with Crippen molar-refractivity contribution in [2.75, 3.05) is 11.9 Å². The molecule has 0 radical (unpaired) electrons. The van der Waals surface area contributed by atoms with Crippen LogP contribution < -0.4 is 27.0 Å². The Morgan fingerprint density at radius 2 is 1.47 bits per heavy atom. The molecule has 0 fully saturated rings. The van der Waals surface area contributed by atoms with Crippen molar-refractivity contribution in [2.24, 2.45) is 11.7 Å². The molecule has 13 nitrogen and oxygen atoms in total. The number of hydrogen-bond donors (Lipinski definition) is 6. The normalized spacial score (nSPS) is 13.4. The molecule has 0 spiro atoms. The monoisotopic (exact) mass is 636 g/mol. The third-order valence-electron chi connectivity index (χ3n) is 6.79. The van der Waals surface area contributed by atoms with E-state index < -0.39 is 47.7 Å². The molecule has 0 aliphatic carbocycles. The van der Waals surface area contributed by atoms with Gasteiger partial charge in [-0.3, -0.25) is 28.8 Å². The maximum absolute atomic E-state index is 13.3. The Kier molecular flexibility index (Phi) is 12.7. The van der Waals surface area contributed by atoms with E-state index in [2.05, 4.69) is 26.3 Å². The van der Waals surface area contributed by atoms with E-state index >= 15 is 0 Å². The summed E-state index contributed by atoms with van der Waals surface area (Å²) in [5.41, 5.74) is 6.94. The Labute approximate surface area is 264 Å². The first-order valence-corrected chi connectivity index (χ1v) is 15.0. The standard InChI is InChI=1S/C31H36N6O7S/c1-18(28(42)35-19(2)29(43)37-26(27(32)41)13-21-8-10-23(39)11-9-21)36-30(44)22(12-20-6-4-3-5-7-20)14-24(40)15-33-31-34-16-25(17-38)45-31/h3-11,16-19,22,26,39H,12-15H2,1-2H3,(H2,32,41)(H,33,34)(H,35,42)(H,36,44)(H,37,43)/t18-,19-,22+,26-/m0/s1. The second-order valence-corrected chi connectivity index (χ2v) is 11.5. The molecule has 3 aromatic rings. The number of rotatable bonds is 17. The molecule has 0 unspecified atom stereocenters. The van der Waals surface area contributed by atoms with E-state index in [1.54, 1.807) is 12.1 Å². The minimum Gasteiger partial charge on any atom is -0.508 e. The number of anilines is 1. The summed E-state index contributed by atoms with van der Waals surface area (Å²) < 4.78 is 0. The maximum Gasteiger partial charge on any atom is 0.242 e. The van der Waals surface area contributed by atoms with Crippen LogP contribution in [0.2, 0.25) is 0 Å². The summed E-state index contributed by atoms with van der Waals surface area (Å²) in [4.78, 5) is 79.0. The van der Waals surface area contributed by atoms with Gasteiger partial charge in [-0.2, -0.15) is 0 Å². The molecule has 0 aliphatic rings. The zero-order chi connectivity index (χ0) is 32.9. The smallest absolute Gasteiger partial charge is 0.242 e. The van der Waals surface area contributed by atoms with Gasteiger partial charge in [0.15, 0.2) is 17.2 Å². The van der Waals surface area contributed by atoms with Crippen molar-refractivity contribution in [3.8, 4) is 5.75 Å². The topological polar surface area (TPSA) is 210 Å². The Morgan fingerprint density at radius 3 is 2.07 bits per heavy atom. The molecule has 238 valence electrons. The van der Waals surface area contributed by atoms with Gasteiger partial charge in [-0.15, -0.1) is 0 Å². The number of phenols is 1. The second kappa shape index (κ2) is 16.7. The fourth-order valence-electron chi connectivity index (χ4n) is 4.29. The molecular weight excluding hydrogens is 600 g/mol.